The summed E-state index contributed by atoms with van der Waals surface area (Å²) >= 11 is 0. The van der Waals surface area contributed by atoms with E-state index in [4.69, 9.17) is 9.15 Å². The highest BCUT2D eigenvalue weighted by molar-refractivity contribution is 6.00. The van der Waals surface area contributed by atoms with Crippen LogP contribution in [0.3, 0.4) is 0 Å². The highest BCUT2D eigenvalue weighted by atomic mass is 19.1. The molecule has 0 atom stereocenters. The van der Waals surface area contributed by atoms with Gasteiger partial charge in [-0.15, -0.1) is 0 Å². The Kier molecular flexibility index (Phi) is 5.49. The van der Waals surface area contributed by atoms with Crippen molar-refractivity contribution in [3.63, 3.8) is 0 Å². The van der Waals surface area contributed by atoms with Crippen molar-refractivity contribution in [1.29, 1.82) is 0 Å². The molecule has 0 unspecified atom stereocenters. The van der Waals surface area contributed by atoms with E-state index in [0.717, 1.165) is 17.0 Å². The molecule has 28 heavy (non-hydrogen) atoms. The third-order valence-electron chi connectivity index (χ3n) is 4.72. The first-order chi connectivity index (χ1) is 13.3. The molecular weight excluding hydrogens is 361 g/mol. The van der Waals surface area contributed by atoms with Crippen molar-refractivity contribution < 1.29 is 23.1 Å². The number of ketones is 1. The van der Waals surface area contributed by atoms with Crippen molar-refractivity contribution in [3.05, 3.63) is 81.8 Å². The van der Waals surface area contributed by atoms with Gasteiger partial charge in [-0.25, -0.2) is 9.18 Å². The van der Waals surface area contributed by atoms with Crippen LogP contribution in [0.25, 0.3) is 0 Å². The Hall–Kier alpha value is -3.15. The van der Waals surface area contributed by atoms with Crippen LogP contribution in [0.1, 0.15) is 49.2 Å². The zero-order valence-electron chi connectivity index (χ0n) is 16.3. The van der Waals surface area contributed by atoms with E-state index < -0.39 is 5.97 Å². The number of hydrogen-bond acceptors (Lipinski definition) is 4. The number of ether oxygens (including phenoxy) is 1. The van der Waals surface area contributed by atoms with Crippen LogP contribution in [-0.2, 0) is 11.3 Å². The summed E-state index contributed by atoms with van der Waals surface area (Å²) in [5.41, 5.74) is 3.44. The third kappa shape index (κ3) is 4.06. The summed E-state index contributed by atoms with van der Waals surface area (Å²) in [5.74, 6) is -0.0644. The summed E-state index contributed by atoms with van der Waals surface area (Å²) in [5, 5.41) is 0. The highest BCUT2D eigenvalue weighted by Crippen LogP contribution is 2.19. The molecule has 146 valence electrons. The molecule has 0 bridgehead atoms. The smallest absolute Gasteiger partial charge is 0.342 e. The van der Waals surface area contributed by atoms with E-state index in [1.165, 1.54) is 12.1 Å². The maximum Gasteiger partial charge on any atom is 0.342 e. The van der Waals surface area contributed by atoms with E-state index in [1.807, 2.05) is 18.4 Å². The fourth-order valence-electron chi connectivity index (χ4n) is 3.22. The van der Waals surface area contributed by atoms with E-state index in [9.17, 15) is 14.0 Å². The first-order valence-corrected chi connectivity index (χ1v) is 8.94. The Morgan fingerprint density at radius 1 is 1.04 bits per heavy atom. The Morgan fingerprint density at radius 3 is 2.32 bits per heavy atom. The fraction of sp³-hybridized carbons (Fsp3) is 0.273. The van der Waals surface area contributed by atoms with Gasteiger partial charge in [-0.2, -0.15) is 0 Å². The maximum absolute atomic E-state index is 13.1. The zero-order chi connectivity index (χ0) is 20.4. The number of aryl methyl sites for hydroxylation is 3. The summed E-state index contributed by atoms with van der Waals surface area (Å²) in [6.07, 6.45) is 0. The van der Waals surface area contributed by atoms with Gasteiger partial charge < -0.3 is 13.7 Å². The van der Waals surface area contributed by atoms with Crippen LogP contribution in [0, 0.1) is 33.5 Å². The topological polar surface area (TPSA) is 61.4 Å². The second-order valence-corrected chi connectivity index (χ2v) is 6.82. The quantitative estimate of drug-likeness (QED) is 0.463. The van der Waals surface area contributed by atoms with Crippen LogP contribution in [0.5, 0.6) is 0 Å². The monoisotopic (exact) mass is 383 g/mol. The molecule has 0 saturated heterocycles. The normalized spacial score (nSPS) is 10.9. The van der Waals surface area contributed by atoms with Crippen molar-refractivity contribution in [3.8, 4) is 0 Å². The lowest BCUT2D eigenvalue weighted by Crippen LogP contribution is -2.15. The number of esters is 1. The minimum atomic E-state index is -0.581. The van der Waals surface area contributed by atoms with Gasteiger partial charge in [0.25, 0.3) is 0 Å². The second kappa shape index (κ2) is 7.84. The zero-order valence-corrected chi connectivity index (χ0v) is 16.3. The number of halogens is 1. The van der Waals surface area contributed by atoms with E-state index >= 15 is 0 Å². The van der Waals surface area contributed by atoms with Gasteiger partial charge in [0.05, 0.1) is 0 Å². The Balaban J connectivity index is 1.71. The fourth-order valence-corrected chi connectivity index (χ4v) is 3.22. The largest absolute Gasteiger partial charge is 0.466 e. The number of Topliss-reactive ketones (excluding diaryl/α,β-unsaturated/α-hetero) is 1. The van der Waals surface area contributed by atoms with E-state index in [0.29, 0.717) is 29.2 Å². The van der Waals surface area contributed by atoms with Gasteiger partial charge in [0.1, 0.15) is 22.9 Å². The lowest BCUT2D eigenvalue weighted by atomic mass is 10.1. The van der Waals surface area contributed by atoms with Crippen LogP contribution in [-0.4, -0.2) is 22.9 Å². The molecule has 0 aliphatic rings. The van der Waals surface area contributed by atoms with Gasteiger partial charge >= 0.3 is 5.97 Å². The number of furan rings is 1. The molecule has 0 aliphatic carbocycles. The molecule has 0 saturated carbocycles. The molecule has 0 radical (unpaired) electrons. The lowest BCUT2D eigenvalue weighted by molar-refractivity contribution is 0.0472. The molecule has 2 heterocycles. The molecule has 3 aromatic rings. The molecule has 5 nitrogen and oxygen atoms in total. The number of benzene rings is 1. The number of carbonyl (C=O) groups excluding carboxylic acids is 2. The van der Waals surface area contributed by atoms with Gasteiger partial charge in [0.15, 0.2) is 6.61 Å². The van der Waals surface area contributed by atoms with Crippen LogP contribution in [0.15, 0.2) is 40.8 Å². The van der Waals surface area contributed by atoms with Crippen LogP contribution >= 0.6 is 0 Å². The number of nitrogens with zero attached hydrogens (tertiary/aromatic N) is 1. The Morgan fingerprint density at radius 2 is 1.71 bits per heavy atom. The number of carbonyl (C=O) groups is 2. The highest BCUT2D eigenvalue weighted by Gasteiger charge is 2.20. The molecule has 0 aliphatic heterocycles. The van der Waals surface area contributed by atoms with Gasteiger partial charge in [0.2, 0.25) is 5.78 Å². The predicted molar refractivity (Wildman–Crippen MR) is 102 cm³/mol. The maximum atomic E-state index is 13.1. The SMILES string of the molecule is Cc1cc(C(=O)OCC(=O)c2cc(C)n(Cc3ccc(F)cc3)c2C)c(C)o1. The molecule has 6 heteroatoms. The van der Waals surface area contributed by atoms with Crippen molar-refractivity contribution in [2.24, 2.45) is 0 Å². The molecule has 3 rings (SSSR count). The average molecular weight is 383 g/mol. The molecule has 1 aromatic carbocycles. The van der Waals surface area contributed by atoms with Gasteiger partial charge in [-0.05, 0) is 57.5 Å². The molecule has 0 spiro atoms. The van der Waals surface area contributed by atoms with Gasteiger partial charge in [0, 0.05) is 23.5 Å². The third-order valence-corrected chi connectivity index (χ3v) is 4.72. The standard InChI is InChI=1S/C22H22FNO4/c1-13-9-19(15(3)24(13)11-17-5-7-18(23)8-6-17)21(25)12-27-22(26)20-10-14(2)28-16(20)4/h5-10H,11-12H2,1-4H3. The van der Waals surface area contributed by atoms with Crippen molar-refractivity contribution in [1.82, 2.24) is 4.57 Å². The first kappa shape index (κ1) is 19.6. The lowest BCUT2D eigenvalue weighted by Gasteiger charge is -2.10. The minimum absolute atomic E-state index is 0.273. The summed E-state index contributed by atoms with van der Waals surface area (Å²) < 4.78 is 25.6. The molecule has 0 fully saturated rings. The number of rotatable bonds is 6. The molecular formula is C22H22FNO4. The van der Waals surface area contributed by atoms with Crippen molar-refractivity contribution in [2.45, 2.75) is 34.2 Å². The predicted octanol–water partition coefficient (Wildman–Crippen LogP) is 4.54. The minimum Gasteiger partial charge on any atom is -0.466 e. The van der Waals surface area contributed by atoms with Crippen molar-refractivity contribution >= 4 is 11.8 Å². The molecule has 0 N–H and O–H groups in total. The molecule has 0 amide bonds. The van der Waals surface area contributed by atoms with E-state index in [2.05, 4.69) is 0 Å². The van der Waals surface area contributed by atoms with Crippen LogP contribution < -0.4 is 0 Å². The summed E-state index contributed by atoms with van der Waals surface area (Å²) in [4.78, 5) is 24.8. The summed E-state index contributed by atoms with van der Waals surface area (Å²) in [6, 6.07) is 9.63. The summed E-state index contributed by atoms with van der Waals surface area (Å²) in [6.45, 7) is 7.34. The molecule has 2 aromatic heterocycles. The van der Waals surface area contributed by atoms with E-state index in [1.54, 1.807) is 38.1 Å². The van der Waals surface area contributed by atoms with E-state index in [-0.39, 0.29) is 18.2 Å². The van der Waals surface area contributed by atoms with Crippen LogP contribution in [0.4, 0.5) is 4.39 Å². The average Bonchev–Trinajstić information content (AvgIpc) is 3.14. The summed E-state index contributed by atoms with van der Waals surface area (Å²) in [7, 11) is 0. The van der Waals surface area contributed by atoms with Gasteiger partial charge in [-0.3, -0.25) is 4.79 Å². The Labute approximate surface area is 162 Å². The van der Waals surface area contributed by atoms with Crippen molar-refractivity contribution in [2.75, 3.05) is 6.61 Å². The van der Waals surface area contributed by atoms with Gasteiger partial charge in [-0.1, -0.05) is 12.1 Å². The first-order valence-electron chi connectivity index (χ1n) is 8.94. The second-order valence-electron chi connectivity index (χ2n) is 6.82. The Bertz CT molecular complexity index is 1030. The number of aromatic nitrogens is 1. The van der Waals surface area contributed by atoms with Crippen LogP contribution in [0.2, 0.25) is 0 Å². The number of hydrogen-bond donors (Lipinski definition) is 0.